The number of rotatable bonds is 10. The second kappa shape index (κ2) is 9.56. The van der Waals surface area contributed by atoms with Crippen LogP contribution in [-0.2, 0) is 6.42 Å². The molecule has 0 amide bonds. The SMILES string of the molecule is CCCNc1ncnc(N(CCC)CCC)c1CCC. The topological polar surface area (TPSA) is 41.1 Å². The van der Waals surface area contributed by atoms with Crippen LogP contribution in [0.5, 0.6) is 0 Å². The minimum atomic E-state index is 0.967. The van der Waals surface area contributed by atoms with Gasteiger partial charge >= 0.3 is 0 Å². The molecule has 1 heterocycles. The van der Waals surface area contributed by atoms with E-state index in [9.17, 15) is 0 Å². The molecule has 1 rings (SSSR count). The maximum absolute atomic E-state index is 4.58. The average molecular weight is 278 g/mol. The van der Waals surface area contributed by atoms with E-state index >= 15 is 0 Å². The van der Waals surface area contributed by atoms with Crippen LogP contribution in [0, 0.1) is 0 Å². The van der Waals surface area contributed by atoms with Gasteiger partial charge in [0.25, 0.3) is 0 Å². The first kappa shape index (κ1) is 16.7. The van der Waals surface area contributed by atoms with E-state index < -0.39 is 0 Å². The van der Waals surface area contributed by atoms with Crippen molar-refractivity contribution in [1.29, 1.82) is 0 Å². The van der Waals surface area contributed by atoms with Crippen molar-refractivity contribution in [3.05, 3.63) is 11.9 Å². The van der Waals surface area contributed by atoms with Crippen molar-refractivity contribution >= 4 is 11.6 Å². The van der Waals surface area contributed by atoms with Crippen molar-refractivity contribution in [2.24, 2.45) is 0 Å². The number of aromatic nitrogens is 2. The van der Waals surface area contributed by atoms with Crippen LogP contribution in [0.3, 0.4) is 0 Å². The van der Waals surface area contributed by atoms with Gasteiger partial charge < -0.3 is 10.2 Å². The summed E-state index contributed by atoms with van der Waals surface area (Å²) in [5.74, 6) is 2.15. The van der Waals surface area contributed by atoms with E-state index in [1.165, 1.54) is 5.56 Å². The zero-order valence-electron chi connectivity index (χ0n) is 13.6. The first-order chi connectivity index (χ1) is 9.78. The van der Waals surface area contributed by atoms with Crippen LogP contribution in [0.2, 0.25) is 0 Å². The van der Waals surface area contributed by atoms with Crippen LogP contribution in [0.25, 0.3) is 0 Å². The van der Waals surface area contributed by atoms with Gasteiger partial charge in [-0.3, -0.25) is 0 Å². The third kappa shape index (κ3) is 4.66. The maximum Gasteiger partial charge on any atom is 0.137 e. The summed E-state index contributed by atoms with van der Waals surface area (Å²) in [5.41, 5.74) is 1.28. The molecule has 0 aromatic carbocycles. The molecule has 0 aliphatic heterocycles. The van der Waals surface area contributed by atoms with E-state index in [1.54, 1.807) is 6.33 Å². The highest BCUT2D eigenvalue weighted by Gasteiger charge is 2.15. The molecule has 0 saturated carbocycles. The number of hydrogen-bond acceptors (Lipinski definition) is 4. The normalized spacial score (nSPS) is 10.6. The predicted octanol–water partition coefficient (Wildman–Crippen LogP) is 3.88. The second-order valence-electron chi connectivity index (χ2n) is 5.19. The number of nitrogens with zero attached hydrogens (tertiary/aromatic N) is 3. The molecule has 4 nitrogen and oxygen atoms in total. The Bertz CT molecular complexity index is 373. The Morgan fingerprint density at radius 2 is 1.65 bits per heavy atom. The van der Waals surface area contributed by atoms with E-state index in [2.05, 4.69) is 47.9 Å². The lowest BCUT2D eigenvalue weighted by atomic mass is 10.1. The minimum absolute atomic E-state index is 0.967. The molecular formula is C16H30N4. The van der Waals surface area contributed by atoms with E-state index in [0.717, 1.165) is 63.4 Å². The molecule has 0 fully saturated rings. The smallest absolute Gasteiger partial charge is 0.137 e. The van der Waals surface area contributed by atoms with Gasteiger partial charge in [0, 0.05) is 25.2 Å². The molecule has 1 aromatic heterocycles. The summed E-state index contributed by atoms with van der Waals surface area (Å²) in [6.07, 6.45) is 7.25. The standard InChI is InChI=1S/C16H30N4/c1-5-9-14-15(17-10-6-2)18-13-19-16(14)20(11-7-3)12-8-4/h13H,5-12H2,1-4H3,(H,17,18,19). The fraction of sp³-hybridized carbons (Fsp3) is 0.750. The summed E-state index contributed by atoms with van der Waals surface area (Å²) < 4.78 is 0. The van der Waals surface area contributed by atoms with Crippen molar-refractivity contribution in [1.82, 2.24) is 9.97 Å². The number of hydrogen-bond donors (Lipinski definition) is 1. The van der Waals surface area contributed by atoms with Crippen LogP contribution in [0.1, 0.15) is 58.9 Å². The third-order valence-electron chi connectivity index (χ3n) is 3.25. The first-order valence-electron chi connectivity index (χ1n) is 8.11. The van der Waals surface area contributed by atoms with Crippen molar-refractivity contribution in [3.63, 3.8) is 0 Å². The summed E-state index contributed by atoms with van der Waals surface area (Å²) in [6, 6.07) is 0. The van der Waals surface area contributed by atoms with E-state index in [1.807, 2.05) is 0 Å². The highest BCUT2D eigenvalue weighted by Crippen LogP contribution is 2.25. The zero-order valence-corrected chi connectivity index (χ0v) is 13.6. The Labute approximate surface area is 124 Å². The molecule has 4 heteroatoms. The van der Waals surface area contributed by atoms with Gasteiger partial charge in [-0.25, -0.2) is 9.97 Å². The van der Waals surface area contributed by atoms with Gasteiger partial charge in [0.05, 0.1) is 0 Å². The maximum atomic E-state index is 4.58. The second-order valence-corrected chi connectivity index (χ2v) is 5.19. The summed E-state index contributed by atoms with van der Waals surface area (Å²) in [5, 5.41) is 3.45. The van der Waals surface area contributed by atoms with E-state index in [0.29, 0.717) is 0 Å². The largest absolute Gasteiger partial charge is 0.370 e. The van der Waals surface area contributed by atoms with Crippen LogP contribution >= 0.6 is 0 Å². The molecule has 0 radical (unpaired) electrons. The summed E-state index contributed by atoms with van der Waals surface area (Å²) in [4.78, 5) is 11.4. The molecule has 114 valence electrons. The van der Waals surface area contributed by atoms with Crippen LogP contribution in [0.15, 0.2) is 6.33 Å². The minimum Gasteiger partial charge on any atom is -0.370 e. The first-order valence-corrected chi connectivity index (χ1v) is 8.11. The lowest BCUT2D eigenvalue weighted by Gasteiger charge is -2.26. The summed E-state index contributed by atoms with van der Waals surface area (Å²) >= 11 is 0. The molecule has 1 aromatic rings. The van der Waals surface area contributed by atoms with Crippen LogP contribution in [-0.4, -0.2) is 29.6 Å². The van der Waals surface area contributed by atoms with Gasteiger partial charge in [0.1, 0.15) is 18.0 Å². The van der Waals surface area contributed by atoms with Gasteiger partial charge in [-0.1, -0.05) is 34.1 Å². The Morgan fingerprint density at radius 3 is 2.20 bits per heavy atom. The monoisotopic (exact) mass is 278 g/mol. The third-order valence-corrected chi connectivity index (χ3v) is 3.25. The Hall–Kier alpha value is -1.32. The highest BCUT2D eigenvalue weighted by molar-refractivity contribution is 5.58. The number of nitrogens with one attached hydrogen (secondary N) is 1. The Balaban J connectivity index is 3.07. The van der Waals surface area contributed by atoms with Gasteiger partial charge in [0.2, 0.25) is 0 Å². The van der Waals surface area contributed by atoms with E-state index in [-0.39, 0.29) is 0 Å². The summed E-state index contributed by atoms with van der Waals surface area (Å²) in [6.45, 7) is 11.9. The molecule has 0 spiro atoms. The lowest BCUT2D eigenvalue weighted by molar-refractivity contribution is 0.723. The molecule has 0 atom stereocenters. The van der Waals surface area contributed by atoms with Crippen molar-refractivity contribution in [2.45, 2.75) is 59.8 Å². The molecule has 0 saturated heterocycles. The molecule has 0 aliphatic rings. The van der Waals surface area contributed by atoms with Gasteiger partial charge in [0.15, 0.2) is 0 Å². The molecule has 20 heavy (non-hydrogen) atoms. The molecule has 0 aliphatic carbocycles. The van der Waals surface area contributed by atoms with Gasteiger partial charge in [-0.2, -0.15) is 0 Å². The number of anilines is 2. The zero-order chi connectivity index (χ0) is 14.8. The van der Waals surface area contributed by atoms with Crippen LogP contribution in [0.4, 0.5) is 11.6 Å². The fourth-order valence-electron chi connectivity index (χ4n) is 2.41. The summed E-state index contributed by atoms with van der Waals surface area (Å²) in [7, 11) is 0. The Morgan fingerprint density at radius 1 is 0.950 bits per heavy atom. The highest BCUT2D eigenvalue weighted by atomic mass is 15.2. The predicted molar refractivity (Wildman–Crippen MR) is 87.6 cm³/mol. The van der Waals surface area contributed by atoms with Crippen LogP contribution < -0.4 is 10.2 Å². The van der Waals surface area contributed by atoms with E-state index in [4.69, 9.17) is 0 Å². The Kier molecular flexibility index (Phi) is 8.00. The van der Waals surface area contributed by atoms with Crippen molar-refractivity contribution in [3.8, 4) is 0 Å². The lowest BCUT2D eigenvalue weighted by Crippen LogP contribution is -2.27. The average Bonchev–Trinajstić information content (AvgIpc) is 2.46. The fourth-order valence-corrected chi connectivity index (χ4v) is 2.41. The quantitative estimate of drug-likeness (QED) is 0.705. The molecule has 0 unspecified atom stereocenters. The molecule has 0 bridgehead atoms. The van der Waals surface area contributed by atoms with Gasteiger partial charge in [-0.05, 0) is 25.7 Å². The molecular weight excluding hydrogens is 248 g/mol. The van der Waals surface area contributed by atoms with Crippen molar-refractivity contribution in [2.75, 3.05) is 29.9 Å². The van der Waals surface area contributed by atoms with Gasteiger partial charge in [-0.15, -0.1) is 0 Å². The van der Waals surface area contributed by atoms with Crippen molar-refractivity contribution < 1.29 is 0 Å². The molecule has 1 N–H and O–H groups in total.